The van der Waals surface area contributed by atoms with Gasteiger partial charge in [0.25, 0.3) is 0 Å². The summed E-state index contributed by atoms with van der Waals surface area (Å²) in [5.41, 5.74) is -0.843. The second kappa shape index (κ2) is 11.7. The molecule has 2 aliphatic heterocycles. The normalized spacial score (nSPS) is 22.1. The van der Waals surface area contributed by atoms with Crippen molar-refractivity contribution in [3.63, 3.8) is 0 Å². The number of carbonyl (C=O) groups excluding carboxylic acids is 3. The summed E-state index contributed by atoms with van der Waals surface area (Å²) in [5, 5.41) is 2.99. The molecule has 2 aliphatic rings. The lowest BCUT2D eigenvalue weighted by molar-refractivity contribution is -0.161. The molecular weight excluding hydrogens is 394 g/mol. The molecule has 2 unspecified atom stereocenters. The molecule has 2 atom stereocenters. The zero-order chi connectivity index (χ0) is 23.0. The van der Waals surface area contributed by atoms with E-state index in [9.17, 15) is 14.4 Å². The highest BCUT2D eigenvalue weighted by Crippen LogP contribution is 2.34. The fourth-order valence-corrected chi connectivity index (χ4v) is 4.79. The van der Waals surface area contributed by atoms with E-state index < -0.39 is 11.6 Å². The highest BCUT2D eigenvalue weighted by Gasteiger charge is 2.53. The Balaban J connectivity index is 2.00. The molecule has 0 aliphatic carbocycles. The first-order valence-corrected chi connectivity index (χ1v) is 12.3. The van der Waals surface area contributed by atoms with Crippen molar-refractivity contribution in [3.05, 3.63) is 0 Å². The van der Waals surface area contributed by atoms with Gasteiger partial charge in [-0.15, -0.1) is 0 Å². The van der Waals surface area contributed by atoms with Crippen LogP contribution in [0.15, 0.2) is 0 Å². The molecule has 2 fully saturated rings. The summed E-state index contributed by atoms with van der Waals surface area (Å²) in [6, 6.07) is -0.443. The van der Waals surface area contributed by atoms with Crippen molar-refractivity contribution < 1.29 is 19.1 Å². The predicted octanol–water partition coefficient (Wildman–Crippen LogP) is 3.96. The van der Waals surface area contributed by atoms with Crippen molar-refractivity contribution in [3.8, 4) is 0 Å². The molecule has 0 bridgehead atoms. The first-order chi connectivity index (χ1) is 14.8. The lowest BCUT2D eigenvalue weighted by Gasteiger charge is -2.51. The molecule has 0 aromatic heterocycles. The molecule has 7 heteroatoms. The molecule has 3 amide bonds. The van der Waals surface area contributed by atoms with Crippen molar-refractivity contribution in [2.45, 2.75) is 97.6 Å². The summed E-state index contributed by atoms with van der Waals surface area (Å²) in [4.78, 5) is 42.5. The minimum atomic E-state index is -0.843. The molecule has 7 nitrogen and oxygen atoms in total. The Morgan fingerprint density at radius 3 is 2.39 bits per heavy atom. The van der Waals surface area contributed by atoms with Gasteiger partial charge in [-0.05, 0) is 43.9 Å². The van der Waals surface area contributed by atoms with Gasteiger partial charge in [0.05, 0.1) is 6.61 Å². The number of amides is 3. The number of unbranched alkanes of at least 4 members (excludes halogenated alkanes) is 1. The molecule has 0 aromatic rings. The van der Waals surface area contributed by atoms with Gasteiger partial charge < -0.3 is 19.9 Å². The molecule has 1 spiro atoms. The molecule has 2 rings (SSSR count). The van der Waals surface area contributed by atoms with E-state index in [1.165, 1.54) is 0 Å². The number of ether oxygens (including phenoxy) is 1. The Hall–Kier alpha value is -1.79. The summed E-state index contributed by atoms with van der Waals surface area (Å²) >= 11 is 0. The van der Waals surface area contributed by atoms with Crippen LogP contribution in [-0.4, -0.2) is 65.5 Å². The van der Waals surface area contributed by atoms with Crippen LogP contribution in [0.3, 0.4) is 0 Å². The number of rotatable bonds is 10. The van der Waals surface area contributed by atoms with Crippen molar-refractivity contribution in [2.75, 3.05) is 26.2 Å². The predicted molar refractivity (Wildman–Crippen MR) is 122 cm³/mol. The molecule has 31 heavy (non-hydrogen) atoms. The lowest BCUT2D eigenvalue weighted by atomic mass is 9.81. The topological polar surface area (TPSA) is 79.0 Å². The van der Waals surface area contributed by atoms with Crippen LogP contribution in [0.1, 0.15) is 86.0 Å². The zero-order valence-electron chi connectivity index (χ0n) is 20.2. The summed E-state index contributed by atoms with van der Waals surface area (Å²) in [5.74, 6) is 0.685. The van der Waals surface area contributed by atoms with E-state index in [1.54, 1.807) is 9.80 Å². The molecule has 0 saturated carbocycles. The fraction of sp³-hybridized carbons (Fsp3) is 0.875. The number of nitrogens with zero attached hydrogens (tertiary/aromatic N) is 2. The van der Waals surface area contributed by atoms with Gasteiger partial charge in [0.15, 0.2) is 0 Å². The number of hydrogen-bond donors (Lipinski definition) is 1. The summed E-state index contributed by atoms with van der Waals surface area (Å²) < 4.78 is 5.60. The summed E-state index contributed by atoms with van der Waals surface area (Å²) in [6.45, 7) is 12.3. The van der Waals surface area contributed by atoms with Crippen LogP contribution in [0.5, 0.6) is 0 Å². The maximum absolute atomic E-state index is 13.2. The van der Waals surface area contributed by atoms with Crippen molar-refractivity contribution in [1.29, 1.82) is 0 Å². The van der Waals surface area contributed by atoms with Crippen LogP contribution in [0, 0.1) is 11.8 Å². The Labute approximate surface area is 188 Å². The quantitative estimate of drug-likeness (QED) is 0.561. The Kier molecular flexibility index (Phi) is 9.63. The fourth-order valence-electron chi connectivity index (χ4n) is 4.79. The number of carbonyl (C=O) groups is 3. The third-order valence-electron chi connectivity index (χ3n) is 6.80. The standard InChI is InChI=1S/C24H43N3O4/c1-6-9-10-19(8-3)17-31-23(30)26-14-11-24(12-15-26)22(29)25-20(16-18(4)5)21(28)27(24)13-7-2/h18-20H,6-17H2,1-5H3,(H,25,29). The second-order valence-corrected chi connectivity index (χ2v) is 9.66. The first kappa shape index (κ1) is 25.5. The molecule has 2 saturated heterocycles. The van der Waals surface area contributed by atoms with Gasteiger partial charge in [0.1, 0.15) is 11.6 Å². The van der Waals surface area contributed by atoms with E-state index >= 15 is 0 Å². The van der Waals surface area contributed by atoms with E-state index in [0.29, 0.717) is 57.3 Å². The average molecular weight is 438 g/mol. The molecule has 2 heterocycles. The van der Waals surface area contributed by atoms with Crippen molar-refractivity contribution in [2.24, 2.45) is 11.8 Å². The monoisotopic (exact) mass is 437 g/mol. The molecule has 1 N–H and O–H groups in total. The van der Waals surface area contributed by atoms with Crippen molar-refractivity contribution >= 4 is 17.9 Å². The van der Waals surface area contributed by atoms with E-state index in [0.717, 1.165) is 32.1 Å². The van der Waals surface area contributed by atoms with E-state index in [4.69, 9.17) is 4.74 Å². The van der Waals surface area contributed by atoms with E-state index in [-0.39, 0.29) is 17.9 Å². The number of nitrogens with one attached hydrogen (secondary N) is 1. The van der Waals surface area contributed by atoms with Gasteiger partial charge in [-0.2, -0.15) is 0 Å². The van der Waals surface area contributed by atoms with Crippen LogP contribution in [0.2, 0.25) is 0 Å². The van der Waals surface area contributed by atoms with E-state index in [2.05, 4.69) is 33.0 Å². The highest BCUT2D eigenvalue weighted by atomic mass is 16.6. The van der Waals surface area contributed by atoms with Crippen LogP contribution in [0.25, 0.3) is 0 Å². The first-order valence-electron chi connectivity index (χ1n) is 12.3. The van der Waals surface area contributed by atoms with Crippen molar-refractivity contribution in [1.82, 2.24) is 15.1 Å². The average Bonchev–Trinajstić information content (AvgIpc) is 2.75. The number of likely N-dealkylation sites (tertiary alicyclic amines) is 1. The molecule has 0 aromatic carbocycles. The minimum absolute atomic E-state index is 0.0212. The molecule has 0 radical (unpaired) electrons. The van der Waals surface area contributed by atoms with E-state index in [1.807, 2.05) is 6.92 Å². The smallest absolute Gasteiger partial charge is 0.409 e. The summed E-state index contributed by atoms with van der Waals surface area (Å²) in [7, 11) is 0. The third-order valence-corrected chi connectivity index (χ3v) is 6.80. The van der Waals surface area contributed by atoms with Gasteiger partial charge in [-0.3, -0.25) is 9.59 Å². The zero-order valence-corrected chi connectivity index (χ0v) is 20.2. The summed E-state index contributed by atoms with van der Waals surface area (Å²) in [6.07, 6.45) is 6.45. The second-order valence-electron chi connectivity index (χ2n) is 9.66. The Bertz CT molecular complexity index is 614. The number of piperazine rings is 1. The van der Waals surface area contributed by atoms with Crippen LogP contribution in [-0.2, 0) is 14.3 Å². The van der Waals surface area contributed by atoms with Gasteiger partial charge in [0.2, 0.25) is 11.8 Å². The lowest BCUT2D eigenvalue weighted by Crippen LogP contribution is -2.73. The van der Waals surface area contributed by atoms with Gasteiger partial charge in [-0.1, -0.05) is 53.9 Å². The molecule has 178 valence electrons. The minimum Gasteiger partial charge on any atom is -0.449 e. The maximum atomic E-state index is 13.2. The van der Waals surface area contributed by atoms with Gasteiger partial charge in [0, 0.05) is 19.6 Å². The third kappa shape index (κ3) is 6.13. The van der Waals surface area contributed by atoms with Crippen LogP contribution < -0.4 is 5.32 Å². The van der Waals surface area contributed by atoms with Gasteiger partial charge in [-0.25, -0.2) is 4.79 Å². The highest BCUT2D eigenvalue weighted by molar-refractivity contribution is 6.00. The molecular formula is C24H43N3O4. The number of piperidine rings is 1. The number of hydrogen-bond acceptors (Lipinski definition) is 4. The Morgan fingerprint density at radius 2 is 1.84 bits per heavy atom. The van der Waals surface area contributed by atoms with Crippen LogP contribution in [0.4, 0.5) is 4.79 Å². The SMILES string of the molecule is CCCCC(CC)COC(=O)N1CCC2(CC1)C(=O)NC(CC(C)C)C(=O)N2CCC. The van der Waals surface area contributed by atoms with Crippen LogP contribution >= 0.6 is 0 Å². The Morgan fingerprint density at radius 1 is 1.16 bits per heavy atom. The maximum Gasteiger partial charge on any atom is 0.409 e. The largest absolute Gasteiger partial charge is 0.449 e. The van der Waals surface area contributed by atoms with Gasteiger partial charge >= 0.3 is 6.09 Å².